The van der Waals surface area contributed by atoms with Gasteiger partial charge in [0, 0.05) is 32.2 Å². The fraction of sp³-hybridized carbons (Fsp3) is 0.542. The number of hydrogen-bond donors (Lipinski definition) is 3. The Labute approximate surface area is 182 Å². The Morgan fingerprint density at radius 1 is 1.10 bits per heavy atom. The standard InChI is InChI=1S/C24H30N4O3/c1-25-24(27-13-18-17-5-3-2-4-14(17)8-9-19(18)29)26-10-11-28-22(30)20-15-6-7-16(12-15)21(20)23(28)31/h6-9,15-16,20-21,29H,2-5,10-13H2,1H3,(H2,25,26,27). The van der Waals surface area contributed by atoms with Crippen LogP contribution in [0.3, 0.4) is 0 Å². The zero-order valence-electron chi connectivity index (χ0n) is 17.9. The van der Waals surface area contributed by atoms with Crippen molar-refractivity contribution in [1.29, 1.82) is 0 Å². The lowest BCUT2D eigenvalue weighted by Gasteiger charge is -2.22. The second-order valence-electron chi connectivity index (χ2n) is 9.09. The van der Waals surface area contributed by atoms with Gasteiger partial charge in [0.05, 0.1) is 11.8 Å². The van der Waals surface area contributed by atoms with Gasteiger partial charge in [0.25, 0.3) is 0 Å². The Bertz CT molecular complexity index is 940. The summed E-state index contributed by atoms with van der Waals surface area (Å²) in [6.45, 7) is 1.27. The molecular weight excluding hydrogens is 392 g/mol. The summed E-state index contributed by atoms with van der Waals surface area (Å²) in [5, 5.41) is 16.8. The molecule has 1 aromatic carbocycles. The van der Waals surface area contributed by atoms with E-state index in [2.05, 4.69) is 27.8 Å². The molecule has 0 aromatic heterocycles. The molecule has 7 nitrogen and oxygen atoms in total. The zero-order chi connectivity index (χ0) is 21.5. The zero-order valence-corrected chi connectivity index (χ0v) is 17.9. The lowest BCUT2D eigenvalue weighted by atomic mass is 9.85. The minimum Gasteiger partial charge on any atom is -0.508 e. The number of aromatic hydroxyl groups is 1. The topological polar surface area (TPSA) is 94.0 Å². The van der Waals surface area contributed by atoms with Crippen molar-refractivity contribution in [3.05, 3.63) is 41.0 Å². The van der Waals surface area contributed by atoms with E-state index in [1.54, 1.807) is 13.1 Å². The van der Waals surface area contributed by atoms with Gasteiger partial charge in [0.1, 0.15) is 5.75 Å². The molecule has 0 radical (unpaired) electrons. The van der Waals surface area contributed by atoms with Crippen LogP contribution in [0.5, 0.6) is 5.75 Å². The first-order chi connectivity index (χ1) is 15.1. The van der Waals surface area contributed by atoms with E-state index >= 15 is 0 Å². The van der Waals surface area contributed by atoms with Gasteiger partial charge in [-0.3, -0.25) is 19.5 Å². The van der Waals surface area contributed by atoms with E-state index in [9.17, 15) is 14.7 Å². The lowest BCUT2D eigenvalue weighted by molar-refractivity contribution is -0.140. The number of guanidine groups is 1. The van der Waals surface area contributed by atoms with Crippen LogP contribution in [0.4, 0.5) is 0 Å². The van der Waals surface area contributed by atoms with Crippen LogP contribution < -0.4 is 10.6 Å². The van der Waals surface area contributed by atoms with Crippen molar-refractivity contribution in [1.82, 2.24) is 15.5 Å². The van der Waals surface area contributed by atoms with Crippen molar-refractivity contribution >= 4 is 17.8 Å². The van der Waals surface area contributed by atoms with Crippen molar-refractivity contribution in [2.24, 2.45) is 28.7 Å². The molecule has 2 fully saturated rings. The van der Waals surface area contributed by atoms with Gasteiger partial charge in [0.15, 0.2) is 5.96 Å². The maximum absolute atomic E-state index is 12.8. The number of hydrogen-bond acceptors (Lipinski definition) is 4. The maximum atomic E-state index is 12.8. The number of carbonyl (C=O) groups is 2. The highest BCUT2D eigenvalue weighted by Gasteiger charge is 2.58. The minimum atomic E-state index is -0.146. The summed E-state index contributed by atoms with van der Waals surface area (Å²) in [7, 11) is 1.69. The summed E-state index contributed by atoms with van der Waals surface area (Å²) < 4.78 is 0. The molecule has 7 heteroatoms. The number of allylic oxidation sites excluding steroid dienone is 2. The molecule has 2 amide bonds. The molecule has 4 atom stereocenters. The first-order valence-corrected chi connectivity index (χ1v) is 11.4. The van der Waals surface area contributed by atoms with E-state index in [-0.39, 0.29) is 35.5 Å². The number of imide groups is 1. The fourth-order valence-corrected chi connectivity index (χ4v) is 5.95. The Morgan fingerprint density at radius 2 is 1.81 bits per heavy atom. The Hall–Kier alpha value is -2.83. The van der Waals surface area contributed by atoms with Crippen molar-refractivity contribution in [3.63, 3.8) is 0 Å². The van der Waals surface area contributed by atoms with Gasteiger partial charge in [-0.25, -0.2) is 0 Å². The summed E-state index contributed by atoms with van der Waals surface area (Å²) in [6, 6.07) is 3.81. The normalized spacial score (nSPS) is 28.8. The summed E-state index contributed by atoms with van der Waals surface area (Å²) in [6.07, 6.45) is 9.57. The summed E-state index contributed by atoms with van der Waals surface area (Å²) in [5.74, 6) is 1.06. The Balaban J connectivity index is 1.16. The number of fused-ring (bicyclic) bond motifs is 6. The van der Waals surface area contributed by atoms with Gasteiger partial charge in [-0.15, -0.1) is 0 Å². The van der Waals surface area contributed by atoms with Gasteiger partial charge in [-0.1, -0.05) is 18.2 Å². The maximum Gasteiger partial charge on any atom is 0.233 e. The Kier molecular flexibility index (Phi) is 5.20. The smallest absolute Gasteiger partial charge is 0.233 e. The molecule has 1 saturated carbocycles. The highest BCUT2D eigenvalue weighted by Crippen LogP contribution is 2.52. The predicted molar refractivity (Wildman–Crippen MR) is 117 cm³/mol. The summed E-state index contributed by atoms with van der Waals surface area (Å²) in [4.78, 5) is 31.3. The van der Waals surface area contributed by atoms with Crippen LogP contribution in [0, 0.1) is 23.7 Å². The highest BCUT2D eigenvalue weighted by atomic mass is 16.3. The van der Waals surface area contributed by atoms with Crippen LogP contribution in [-0.4, -0.2) is 47.9 Å². The number of amides is 2. The number of aliphatic imine (C=N–C) groups is 1. The van der Waals surface area contributed by atoms with Crippen LogP contribution in [0.15, 0.2) is 29.3 Å². The Morgan fingerprint density at radius 3 is 2.52 bits per heavy atom. The molecule has 4 unspecified atom stereocenters. The first-order valence-electron chi connectivity index (χ1n) is 11.4. The predicted octanol–water partition coefficient (Wildman–Crippen LogP) is 1.74. The van der Waals surface area contributed by atoms with Crippen LogP contribution >= 0.6 is 0 Å². The van der Waals surface area contributed by atoms with Gasteiger partial charge in [-0.2, -0.15) is 0 Å². The number of likely N-dealkylation sites (tertiary alicyclic amines) is 1. The number of phenolic OH excluding ortho intramolecular Hbond substituents is 1. The minimum absolute atomic E-state index is 0.0163. The molecule has 5 rings (SSSR count). The molecule has 1 saturated heterocycles. The number of phenols is 1. The molecule has 0 spiro atoms. The number of nitrogens with one attached hydrogen (secondary N) is 2. The third-order valence-corrected chi connectivity index (χ3v) is 7.47. The van der Waals surface area contributed by atoms with Gasteiger partial charge in [0.2, 0.25) is 11.8 Å². The molecule has 4 aliphatic rings. The second kappa shape index (κ2) is 8.02. The molecule has 1 aliphatic heterocycles. The average molecular weight is 423 g/mol. The molecule has 164 valence electrons. The van der Waals surface area contributed by atoms with E-state index in [4.69, 9.17) is 0 Å². The molecular formula is C24H30N4O3. The number of nitrogens with zero attached hydrogens (tertiary/aromatic N) is 2. The third-order valence-electron chi connectivity index (χ3n) is 7.47. The lowest BCUT2D eigenvalue weighted by Crippen LogP contribution is -2.43. The molecule has 3 aliphatic carbocycles. The molecule has 2 bridgehead atoms. The van der Waals surface area contributed by atoms with E-state index in [0.717, 1.165) is 31.2 Å². The molecule has 31 heavy (non-hydrogen) atoms. The van der Waals surface area contributed by atoms with Gasteiger partial charge < -0.3 is 15.7 Å². The highest BCUT2D eigenvalue weighted by molar-refractivity contribution is 6.06. The largest absolute Gasteiger partial charge is 0.508 e. The van der Waals surface area contributed by atoms with Crippen molar-refractivity contribution < 1.29 is 14.7 Å². The fourth-order valence-electron chi connectivity index (χ4n) is 5.95. The van der Waals surface area contributed by atoms with Crippen LogP contribution in [-0.2, 0) is 29.0 Å². The van der Waals surface area contributed by atoms with Gasteiger partial charge in [-0.05, 0) is 61.1 Å². The molecule has 1 aromatic rings. The molecule has 1 heterocycles. The first kappa shape index (κ1) is 20.1. The number of aryl methyl sites for hydroxylation is 1. The van der Waals surface area contributed by atoms with Crippen LogP contribution in [0.25, 0.3) is 0 Å². The summed E-state index contributed by atoms with van der Waals surface area (Å²) in [5.41, 5.74) is 3.50. The number of carbonyl (C=O) groups excluding carboxylic acids is 2. The third kappa shape index (κ3) is 3.40. The van der Waals surface area contributed by atoms with Gasteiger partial charge >= 0.3 is 0 Å². The molecule has 3 N–H and O–H groups in total. The number of rotatable bonds is 5. The van der Waals surface area contributed by atoms with Crippen LogP contribution in [0.2, 0.25) is 0 Å². The van der Waals surface area contributed by atoms with Crippen molar-refractivity contribution in [2.45, 2.75) is 38.6 Å². The number of benzene rings is 1. The van der Waals surface area contributed by atoms with E-state index in [1.807, 2.05) is 6.07 Å². The van der Waals surface area contributed by atoms with Crippen LogP contribution in [0.1, 0.15) is 36.0 Å². The van der Waals surface area contributed by atoms with E-state index < -0.39 is 0 Å². The van der Waals surface area contributed by atoms with E-state index in [1.165, 1.54) is 22.4 Å². The SMILES string of the molecule is CN=C(NCCN1C(=O)C2C3C=CC(C3)C2C1=O)NCc1c(O)ccc2c1CCCC2. The second-order valence-corrected chi connectivity index (χ2v) is 9.09. The van der Waals surface area contributed by atoms with Crippen molar-refractivity contribution in [2.75, 3.05) is 20.1 Å². The van der Waals surface area contributed by atoms with E-state index in [0.29, 0.717) is 31.3 Å². The quantitative estimate of drug-likeness (QED) is 0.291. The average Bonchev–Trinajstić information content (AvgIpc) is 3.46. The van der Waals surface area contributed by atoms with Crippen molar-refractivity contribution in [3.8, 4) is 5.75 Å². The monoisotopic (exact) mass is 422 g/mol. The summed E-state index contributed by atoms with van der Waals surface area (Å²) >= 11 is 0.